The average molecular weight is 286 g/mol. The largest absolute Gasteiger partial charge is 0.504 e. The molecule has 1 aliphatic heterocycles. The minimum Gasteiger partial charge on any atom is -0.504 e. The first-order valence-corrected chi connectivity index (χ1v) is 6.49. The van der Waals surface area contributed by atoms with E-state index in [0.29, 0.717) is 11.3 Å². The first-order valence-electron chi connectivity index (χ1n) is 6.49. The van der Waals surface area contributed by atoms with Gasteiger partial charge in [-0.25, -0.2) is 0 Å². The van der Waals surface area contributed by atoms with Gasteiger partial charge in [-0.15, -0.1) is 0 Å². The number of rotatable bonds is 1. The monoisotopic (exact) mass is 286 g/mol. The number of aliphatic hydroxyl groups excluding tert-OH is 1. The lowest BCUT2D eigenvalue weighted by Crippen LogP contribution is -2.36. The second-order valence-electron chi connectivity index (χ2n) is 5.06. The molecule has 0 aliphatic carbocycles. The maximum atomic E-state index is 12.3. The van der Waals surface area contributed by atoms with Gasteiger partial charge in [0.25, 0.3) is 0 Å². The molecule has 0 amide bonds. The van der Waals surface area contributed by atoms with Gasteiger partial charge < -0.3 is 20.1 Å². The van der Waals surface area contributed by atoms with E-state index in [4.69, 9.17) is 4.74 Å². The quantitative estimate of drug-likeness (QED) is 0.699. The number of fused-ring (bicyclic) bond motifs is 1. The number of hydrogen-bond donors (Lipinski definition) is 3. The molecule has 0 saturated carbocycles. The predicted molar refractivity (Wildman–Crippen MR) is 74.7 cm³/mol. The Morgan fingerprint density at radius 2 is 1.90 bits per heavy atom. The molecule has 5 nitrogen and oxygen atoms in total. The van der Waals surface area contributed by atoms with E-state index >= 15 is 0 Å². The van der Waals surface area contributed by atoms with Crippen LogP contribution in [0, 0.1) is 6.92 Å². The van der Waals surface area contributed by atoms with Gasteiger partial charge in [-0.2, -0.15) is 0 Å². The smallest absolute Gasteiger partial charge is 0.199 e. The van der Waals surface area contributed by atoms with E-state index in [1.54, 1.807) is 18.2 Å². The molecule has 0 bridgehead atoms. The van der Waals surface area contributed by atoms with E-state index in [-0.39, 0.29) is 11.3 Å². The zero-order valence-corrected chi connectivity index (χ0v) is 11.3. The number of para-hydroxylation sites is 1. The third-order valence-corrected chi connectivity index (χ3v) is 3.56. The van der Waals surface area contributed by atoms with Gasteiger partial charge in [-0.1, -0.05) is 23.8 Å². The molecule has 108 valence electrons. The van der Waals surface area contributed by atoms with Gasteiger partial charge in [0.15, 0.2) is 29.5 Å². The van der Waals surface area contributed by atoms with Crippen LogP contribution in [0.5, 0.6) is 17.2 Å². The Morgan fingerprint density at radius 3 is 2.67 bits per heavy atom. The van der Waals surface area contributed by atoms with Gasteiger partial charge in [0.1, 0.15) is 5.75 Å². The maximum absolute atomic E-state index is 12.3. The Labute approximate surface area is 121 Å². The van der Waals surface area contributed by atoms with Gasteiger partial charge in [-0.05, 0) is 25.1 Å². The van der Waals surface area contributed by atoms with Gasteiger partial charge in [0, 0.05) is 5.56 Å². The van der Waals surface area contributed by atoms with Crippen molar-refractivity contribution in [1.82, 2.24) is 0 Å². The Bertz CT molecular complexity index is 723. The van der Waals surface area contributed by atoms with E-state index < -0.39 is 23.7 Å². The summed E-state index contributed by atoms with van der Waals surface area (Å²) in [5.74, 6) is -0.841. The number of aromatic hydroxyl groups is 2. The molecule has 2 aromatic carbocycles. The third kappa shape index (κ3) is 2.11. The van der Waals surface area contributed by atoms with Crippen LogP contribution < -0.4 is 4.74 Å². The molecule has 0 spiro atoms. The van der Waals surface area contributed by atoms with Crippen molar-refractivity contribution in [1.29, 1.82) is 0 Å². The molecule has 21 heavy (non-hydrogen) atoms. The fourth-order valence-corrected chi connectivity index (χ4v) is 2.45. The van der Waals surface area contributed by atoms with E-state index in [1.165, 1.54) is 18.2 Å². The molecule has 3 N–H and O–H groups in total. The molecule has 5 heteroatoms. The molecule has 2 unspecified atom stereocenters. The molecule has 0 saturated heterocycles. The third-order valence-electron chi connectivity index (χ3n) is 3.56. The summed E-state index contributed by atoms with van der Waals surface area (Å²) in [5.41, 5.74) is 1.37. The summed E-state index contributed by atoms with van der Waals surface area (Å²) >= 11 is 0. The number of phenols is 2. The van der Waals surface area contributed by atoms with Crippen molar-refractivity contribution in [2.75, 3.05) is 0 Å². The minimum absolute atomic E-state index is 0.169. The molecule has 1 aliphatic rings. The first-order chi connectivity index (χ1) is 9.99. The highest BCUT2D eigenvalue weighted by atomic mass is 16.5. The van der Waals surface area contributed by atoms with Crippen molar-refractivity contribution in [2.45, 2.75) is 19.1 Å². The van der Waals surface area contributed by atoms with Gasteiger partial charge in [0.2, 0.25) is 0 Å². The zero-order chi connectivity index (χ0) is 15.1. The lowest BCUT2D eigenvalue weighted by Gasteiger charge is -2.30. The van der Waals surface area contributed by atoms with Crippen molar-refractivity contribution in [3.05, 3.63) is 53.1 Å². The number of carbonyl (C=O) groups excluding carboxylic acids is 1. The van der Waals surface area contributed by atoms with Crippen LogP contribution in [0.1, 0.15) is 27.6 Å². The van der Waals surface area contributed by atoms with Crippen LogP contribution in [-0.2, 0) is 0 Å². The van der Waals surface area contributed by atoms with Crippen LogP contribution in [0.15, 0.2) is 36.4 Å². The van der Waals surface area contributed by atoms with E-state index in [0.717, 1.165) is 5.56 Å². The van der Waals surface area contributed by atoms with E-state index in [2.05, 4.69) is 0 Å². The van der Waals surface area contributed by atoms with Gasteiger partial charge >= 0.3 is 0 Å². The lowest BCUT2D eigenvalue weighted by atomic mass is 9.92. The van der Waals surface area contributed by atoms with E-state index in [9.17, 15) is 20.1 Å². The van der Waals surface area contributed by atoms with Gasteiger partial charge in [-0.3, -0.25) is 4.79 Å². The average Bonchev–Trinajstić information content (AvgIpc) is 2.47. The van der Waals surface area contributed by atoms with Gasteiger partial charge in [0.05, 0.1) is 5.56 Å². The number of carbonyl (C=O) groups is 1. The highest BCUT2D eigenvalue weighted by Crippen LogP contribution is 2.41. The van der Waals surface area contributed by atoms with Crippen LogP contribution in [0.4, 0.5) is 0 Å². The molecule has 1 heterocycles. The van der Waals surface area contributed by atoms with Crippen molar-refractivity contribution < 1.29 is 24.9 Å². The summed E-state index contributed by atoms with van der Waals surface area (Å²) in [7, 11) is 0. The Kier molecular flexibility index (Phi) is 3.07. The molecule has 2 atom stereocenters. The summed E-state index contributed by atoms with van der Waals surface area (Å²) in [6.07, 6.45) is -2.49. The van der Waals surface area contributed by atoms with Crippen molar-refractivity contribution in [2.24, 2.45) is 0 Å². The number of Topliss-reactive ketones (excluding diaryl/α,β-unsaturated/α-hetero) is 1. The number of hydrogen-bond acceptors (Lipinski definition) is 5. The predicted octanol–water partition coefficient (Wildman–Crippen LogP) is 2.08. The molecule has 2 aromatic rings. The highest BCUT2D eigenvalue weighted by Gasteiger charge is 2.38. The summed E-state index contributed by atoms with van der Waals surface area (Å²) in [6, 6.07) is 9.42. The Morgan fingerprint density at radius 1 is 1.14 bits per heavy atom. The number of phenolic OH excluding ortho intramolecular Hbond substituents is 2. The van der Waals surface area contributed by atoms with Crippen molar-refractivity contribution in [3.63, 3.8) is 0 Å². The van der Waals surface area contributed by atoms with Crippen LogP contribution in [0.3, 0.4) is 0 Å². The molecular weight excluding hydrogens is 272 g/mol. The molecule has 3 rings (SSSR count). The number of ether oxygens (including phenoxy) is 1. The number of aryl methyl sites for hydroxylation is 1. The van der Waals surface area contributed by atoms with Crippen LogP contribution in [0.2, 0.25) is 0 Å². The molecular formula is C16H14O5. The normalized spacial score (nSPS) is 20.8. The Hall–Kier alpha value is -2.53. The summed E-state index contributed by atoms with van der Waals surface area (Å²) in [5, 5.41) is 29.6. The topological polar surface area (TPSA) is 87.0 Å². The zero-order valence-electron chi connectivity index (χ0n) is 11.3. The number of ketones is 1. The fourth-order valence-electron chi connectivity index (χ4n) is 2.45. The molecule has 0 aromatic heterocycles. The number of benzene rings is 2. The Balaban J connectivity index is 2.08. The fraction of sp³-hybridized carbons (Fsp3) is 0.188. The second-order valence-corrected chi connectivity index (χ2v) is 5.06. The second kappa shape index (κ2) is 4.79. The maximum Gasteiger partial charge on any atom is 0.199 e. The standard InChI is InChI=1S/C16H14O5/c1-8-5-6-12-10(7-8)14(19)15(20)16(21-12)9-3-2-4-11(17)13(9)18/h2-7,15-18,20H,1H3. The van der Waals surface area contributed by atoms with E-state index in [1.807, 2.05) is 6.92 Å². The summed E-state index contributed by atoms with van der Waals surface area (Å²) < 4.78 is 5.65. The lowest BCUT2D eigenvalue weighted by molar-refractivity contribution is 0.0207. The SMILES string of the molecule is Cc1ccc2c(c1)C(=O)C(O)C(c1cccc(O)c1O)O2. The highest BCUT2D eigenvalue weighted by molar-refractivity contribution is 6.03. The molecule has 0 radical (unpaired) electrons. The summed E-state index contributed by atoms with van der Waals surface area (Å²) in [6.45, 7) is 1.84. The van der Waals surface area contributed by atoms with Crippen molar-refractivity contribution >= 4 is 5.78 Å². The van der Waals surface area contributed by atoms with Crippen molar-refractivity contribution in [3.8, 4) is 17.2 Å². The molecule has 0 fully saturated rings. The van der Waals surface area contributed by atoms with Crippen LogP contribution in [0.25, 0.3) is 0 Å². The minimum atomic E-state index is -1.44. The summed E-state index contributed by atoms with van der Waals surface area (Å²) in [4.78, 5) is 12.3. The van der Waals surface area contributed by atoms with Crippen LogP contribution >= 0.6 is 0 Å². The number of aliphatic hydroxyl groups is 1. The van der Waals surface area contributed by atoms with Crippen LogP contribution in [-0.4, -0.2) is 27.2 Å². The first kappa shape index (κ1) is 13.5.